The fourth-order valence-electron chi connectivity index (χ4n) is 1.86. The Hall–Kier alpha value is -2.09. The molecule has 0 aliphatic heterocycles. The Balaban J connectivity index is 2.33. The van der Waals surface area contributed by atoms with E-state index in [-0.39, 0.29) is 6.10 Å². The molecule has 2 heteroatoms. The van der Waals surface area contributed by atoms with Gasteiger partial charge in [-0.1, -0.05) is 43.3 Å². The molecular weight excluding hydrogens is 236 g/mol. The minimum atomic E-state index is 0.112. The predicted molar refractivity (Wildman–Crippen MR) is 77.6 cm³/mol. The van der Waals surface area contributed by atoms with Gasteiger partial charge >= 0.3 is 0 Å². The lowest BCUT2D eigenvalue weighted by molar-refractivity contribution is 0.111. The first kappa shape index (κ1) is 13.3. The van der Waals surface area contributed by atoms with Crippen molar-refractivity contribution < 1.29 is 9.53 Å². The first-order valence-electron chi connectivity index (χ1n) is 6.56. The topological polar surface area (TPSA) is 26.3 Å². The second-order valence-corrected chi connectivity index (χ2v) is 4.57. The molecule has 19 heavy (non-hydrogen) atoms. The van der Waals surface area contributed by atoms with Crippen LogP contribution in [0, 0.1) is 0 Å². The molecule has 2 aromatic carbocycles. The summed E-state index contributed by atoms with van der Waals surface area (Å²) < 4.78 is 5.75. The Labute approximate surface area is 114 Å². The van der Waals surface area contributed by atoms with Crippen molar-refractivity contribution in [1.29, 1.82) is 0 Å². The smallest absolute Gasteiger partial charge is 0.153 e. The van der Waals surface area contributed by atoms with Gasteiger partial charge in [0.25, 0.3) is 0 Å². The molecule has 1 atom stereocenters. The molecule has 0 fully saturated rings. The number of benzene rings is 2. The van der Waals surface area contributed by atoms with Crippen LogP contribution < -0.4 is 4.74 Å². The Kier molecular flexibility index (Phi) is 4.35. The second-order valence-electron chi connectivity index (χ2n) is 4.57. The van der Waals surface area contributed by atoms with Crippen LogP contribution in [0.5, 0.6) is 5.75 Å². The van der Waals surface area contributed by atoms with E-state index in [4.69, 9.17) is 4.74 Å². The third-order valence-electron chi connectivity index (χ3n) is 3.15. The molecule has 1 unspecified atom stereocenters. The molecule has 2 aromatic rings. The summed E-state index contributed by atoms with van der Waals surface area (Å²) in [5.74, 6) is 0.657. The van der Waals surface area contributed by atoms with Crippen molar-refractivity contribution in [3.05, 3.63) is 54.1 Å². The Morgan fingerprint density at radius 2 is 1.84 bits per heavy atom. The van der Waals surface area contributed by atoms with E-state index in [2.05, 4.69) is 6.92 Å². The molecular formula is C17H18O2. The number of hydrogen-bond acceptors (Lipinski definition) is 2. The molecule has 0 saturated heterocycles. The van der Waals surface area contributed by atoms with E-state index in [9.17, 15) is 4.79 Å². The number of carbonyl (C=O) groups excluding carboxylic acids is 1. The Bertz CT molecular complexity index is 546. The van der Waals surface area contributed by atoms with Gasteiger partial charge in [0.05, 0.1) is 11.7 Å². The van der Waals surface area contributed by atoms with Crippen LogP contribution in [0.1, 0.15) is 30.6 Å². The van der Waals surface area contributed by atoms with E-state index >= 15 is 0 Å². The van der Waals surface area contributed by atoms with Crippen molar-refractivity contribution >= 4 is 6.29 Å². The van der Waals surface area contributed by atoms with Gasteiger partial charge in [-0.05, 0) is 36.6 Å². The van der Waals surface area contributed by atoms with Gasteiger partial charge in [-0.3, -0.25) is 4.79 Å². The highest BCUT2D eigenvalue weighted by Crippen LogP contribution is 2.26. The summed E-state index contributed by atoms with van der Waals surface area (Å²) >= 11 is 0. The van der Waals surface area contributed by atoms with Crippen LogP contribution in [-0.4, -0.2) is 12.4 Å². The van der Waals surface area contributed by atoms with Gasteiger partial charge < -0.3 is 4.74 Å². The molecule has 2 nitrogen and oxygen atoms in total. The predicted octanol–water partition coefficient (Wildman–Crippen LogP) is 4.34. The highest BCUT2D eigenvalue weighted by atomic mass is 16.5. The molecule has 0 heterocycles. The number of aldehydes is 1. The van der Waals surface area contributed by atoms with E-state index in [0.29, 0.717) is 11.3 Å². The molecule has 0 aromatic heterocycles. The van der Waals surface area contributed by atoms with Gasteiger partial charge in [0.15, 0.2) is 6.29 Å². The molecule has 0 radical (unpaired) electrons. The molecule has 2 rings (SSSR count). The molecule has 0 spiro atoms. The van der Waals surface area contributed by atoms with Crippen molar-refractivity contribution in [2.24, 2.45) is 0 Å². The lowest BCUT2D eigenvalue weighted by atomic mass is 10.0. The van der Waals surface area contributed by atoms with Crippen molar-refractivity contribution in [1.82, 2.24) is 0 Å². The zero-order chi connectivity index (χ0) is 13.7. The first-order chi connectivity index (χ1) is 9.24. The monoisotopic (exact) mass is 254 g/mol. The zero-order valence-electron chi connectivity index (χ0n) is 11.3. The maximum Gasteiger partial charge on any atom is 0.153 e. The van der Waals surface area contributed by atoms with E-state index in [1.807, 2.05) is 55.5 Å². The van der Waals surface area contributed by atoms with Crippen LogP contribution in [0.25, 0.3) is 11.1 Å². The average Bonchev–Trinajstić information content (AvgIpc) is 2.48. The summed E-state index contributed by atoms with van der Waals surface area (Å²) in [4.78, 5) is 11.2. The highest BCUT2D eigenvalue weighted by molar-refractivity contribution is 5.83. The normalized spacial score (nSPS) is 11.9. The number of ether oxygens (including phenoxy) is 1. The zero-order valence-corrected chi connectivity index (χ0v) is 11.3. The van der Waals surface area contributed by atoms with Crippen LogP contribution in [-0.2, 0) is 0 Å². The van der Waals surface area contributed by atoms with Crippen LogP contribution in [0.15, 0.2) is 48.5 Å². The van der Waals surface area contributed by atoms with Gasteiger partial charge in [0.2, 0.25) is 0 Å². The van der Waals surface area contributed by atoms with E-state index < -0.39 is 0 Å². The number of carbonyl (C=O) groups is 1. The summed E-state index contributed by atoms with van der Waals surface area (Å²) in [6.45, 7) is 4.06. The van der Waals surface area contributed by atoms with Crippen LogP contribution >= 0.6 is 0 Å². The summed E-state index contributed by atoms with van der Waals surface area (Å²) in [6, 6.07) is 15.7. The van der Waals surface area contributed by atoms with Gasteiger partial charge in [-0.25, -0.2) is 0 Å². The third kappa shape index (κ3) is 3.22. The van der Waals surface area contributed by atoms with Gasteiger partial charge in [-0.15, -0.1) is 0 Å². The third-order valence-corrected chi connectivity index (χ3v) is 3.15. The maximum absolute atomic E-state index is 11.2. The molecule has 0 saturated carbocycles. The van der Waals surface area contributed by atoms with Gasteiger partial charge in [0, 0.05) is 0 Å². The number of rotatable bonds is 5. The SMILES string of the molecule is CCC(C)Oc1ccc(-c2ccccc2)cc1C=O. The Morgan fingerprint density at radius 3 is 2.47 bits per heavy atom. The number of hydrogen-bond donors (Lipinski definition) is 0. The highest BCUT2D eigenvalue weighted by Gasteiger charge is 2.08. The lowest BCUT2D eigenvalue weighted by Crippen LogP contribution is -2.11. The molecule has 0 aliphatic carbocycles. The Morgan fingerprint density at radius 1 is 1.11 bits per heavy atom. The standard InChI is InChI=1S/C17H18O2/c1-3-13(2)19-17-10-9-15(11-16(17)12-18)14-7-5-4-6-8-14/h4-13H,3H2,1-2H3. The van der Waals surface area contributed by atoms with Crippen molar-refractivity contribution in [3.63, 3.8) is 0 Å². The maximum atomic E-state index is 11.2. The molecule has 0 aliphatic rings. The van der Waals surface area contributed by atoms with E-state index in [1.54, 1.807) is 0 Å². The summed E-state index contributed by atoms with van der Waals surface area (Å²) in [6.07, 6.45) is 1.88. The van der Waals surface area contributed by atoms with E-state index in [0.717, 1.165) is 23.8 Å². The van der Waals surface area contributed by atoms with Crippen molar-refractivity contribution in [3.8, 4) is 16.9 Å². The van der Waals surface area contributed by atoms with Crippen LogP contribution in [0.2, 0.25) is 0 Å². The molecule has 0 N–H and O–H groups in total. The summed E-state index contributed by atoms with van der Waals surface area (Å²) in [5, 5.41) is 0. The largest absolute Gasteiger partial charge is 0.490 e. The van der Waals surface area contributed by atoms with E-state index in [1.165, 1.54) is 0 Å². The minimum absolute atomic E-state index is 0.112. The van der Waals surface area contributed by atoms with Gasteiger partial charge in [-0.2, -0.15) is 0 Å². The summed E-state index contributed by atoms with van der Waals surface area (Å²) in [7, 11) is 0. The summed E-state index contributed by atoms with van der Waals surface area (Å²) in [5.41, 5.74) is 2.72. The fraction of sp³-hybridized carbons (Fsp3) is 0.235. The quantitative estimate of drug-likeness (QED) is 0.742. The average molecular weight is 254 g/mol. The lowest BCUT2D eigenvalue weighted by Gasteiger charge is -2.15. The fourth-order valence-corrected chi connectivity index (χ4v) is 1.86. The van der Waals surface area contributed by atoms with Crippen molar-refractivity contribution in [2.75, 3.05) is 0 Å². The van der Waals surface area contributed by atoms with Gasteiger partial charge in [0.1, 0.15) is 5.75 Å². The van der Waals surface area contributed by atoms with Crippen LogP contribution in [0.3, 0.4) is 0 Å². The first-order valence-corrected chi connectivity index (χ1v) is 6.56. The minimum Gasteiger partial charge on any atom is -0.490 e. The molecule has 98 valence electrons. The van der Waals surface area contributed by atoms with Crippen molar-refractivity contribution in [2.45, 2.75) is 26.4 Å². The second kappa shape index (κ2) is 6.19. The van der Waals surface area contributed by atoms with Crippen LogP contribution in [0.4, 0.5) is 0 Å². The molecule has 0 bridgehead atoms. The molecule has 0 amide bonds.